The maximum Gasteiger partial charge on any atom is 0.264 e. The summed E-state index contributed by atoms with van der Waals surface area (Å²) in [6, 6.07) is 15.4. The Balaban J connectivity index is 1.59. The van der Waals surface area contributed by atoms with Gasteiger partial charge >= 0.3 is 0 Å². The molecular weight excluding hydrogens is 266 g/mol. The van der Waals surface area contributed by atoms with E-state index in [0.29, 0.717) is 18.0 Å². The minimum atomic E-state index is -0.607. The topological polar surface area (TPSA) is 47.6 Å². The van der Waals surface area contributed by atoms with Gasteiger partial charge in [0.25, 0.3) is 5.91 Å². The van der Waals surface area contributed by atoms with E-state index in [1.165, 1.54) is 5.56 Å². The van der Waals surface area contributed by atoms with Gasteiger partial charge in [-0.1, -0.05) is 42.0 Å². The molecule has 1 N–H and O–H groups in total. The lowest BCUT2D eigenvalue weighted by Gasteiger charge is -2.25. The summed E-state index contributed by atoms with van der Waals surface area (Å²) in [6.07, 6.45) is -0.607. The van der Waals surface area contributed by atoms with E-state index in [1.807, 2.05) is 49.4 Å². The molecule has 21 heavy (non-hydrogen) atoms. The number of aryl methyl sites for hydroxylation is 1. The van der Waals surface area contributed by atoms with Gasteiger partial charge in [0, 0.05) is 6.54 Å². The minimum absolute atomic E-state index is 0.161. The lowest BCUT2D eigenvalue weighted by molar-refractivity contribution is -0.130. The highest BCUT2D eigenvalue weighted by atomic mass is 16.6. The molecule has 4 heteroatoms. The smallest absolute Gasteiger partial charge is 0.264 e. The Morgan fingerprint density at radius 1 is 1.19 bits per heavy atom. The number of carbonyl (C=O) groups excluding carboxylic acids is 1. The molecule has 1 heterocycles. The van der Waals surface area contributed by atoms with Crippen molar-refractivity contribution in [2.45, 2.75) is 19.6 Å². The van der Waals surface area contributed by atoms with E-state index < -0.39 is 6.10 Å². The van der Waals surface area contributed by atoms with Crippen LogP contribution in [0, 0.1) is 6.92 Å². The second-order valence-corrected chi connectivity index (χ2v) is 5.07. The van der Waals surface area contributed by atoms with Crippen LogP contribution in [-0.4, -0.2) is 18.6 Å². The summed E-state index contributed by atoms with van der Waals surface area (Å²) in [5.41, 5.74) is 2.24. The van der Waals surface area contributed by atoms with Crippen molar-refractivity contribution in [2.75, 3.05) is 6.61 Å². The molecule has 0 aromatic heterocycles. The van der Waals surface area contributed by atoms with Crippen LogP contribution in [0.15, 0.2) is 48.5 Å². The summed E-state index contributed by atoms with van der Waals surface area (Å²) in [5, 5.41) is 2.88. The number of hydrogen-bond donors (Lipinski definition) is 1. The van der Waals surface area contributed by atoms with Gasteiger partial charge in [-0.2, -0.15) is 0 Å². The molecule has 3 rings (SSSR count). The molecule has 0 saturated carbocycles. The molecule has 2 aromatic carbocycles. The van der Waals surface area contributed by atoms with Crippen LogP contribution in [0.1, 0.15) is 11.1 Å². The number of nitrogens with one attached hydrogen (secondary N) is 1. The Morgan fingerprint density at radius 2 is 2.00 bits per heavy atom. The first kappa shape index (κ1) is 13.5. The Hall–Kier alpha value is -2.49. The molecule has 0 spiro atoms. The highest BCUT2D eigenvalue weighted by Gasteiger charge is 2.26. The van der Waals surface area contributed by atoms with Crippen molar-refractivity contribution in [3.63, 3.8) is 0 Å². The van der Waals surface area contributed by atoms with Gasteiger partial charge < -0.3 is 14.8 Å². The van der Waals surface area contributed by atoms with Gasteiger partial charge in [-0.05, 0) is 24.6 Å². The van der Waals surface area contributed by atoms with Gasteiger partial charge in [0.15, 0.2) is 11.5 Å². The first-order valence-electron chi connectivity index (χ1n) is 6.94. The van der Waals surface area contributed by atoms with Crippen LogP contribution in [-0.2, 0) is 11.3 Å². The second-order valence-electron chi connectivity index (χ2n) is 5.07. The number of fused-ring (bicyclic) bond motifs is 1. The van der Waals surface area contributed by atoms with Crippen LogP contribution >= 0.6 is 0 Å². The van der Waals surface area contributed by atoms with Crippen molar-refractivity contribution in [3.05, 3.63) is 59.7 Å². The van der Waals surface area contributed by atoms with Crippen LogP contribution in [0.2, 0.25) is 0 Å². The predicted molar refractivity (Wildman–Crippen MR) is 79.4 cm³/mol. The molecule has 1 aliphatic heterocycles. The van der Waals surface area contributed by atoms with Gasteiger partial charge in [-0.3, -0.25) is 4.79 Å². The van der Waals surface area contributed by atoms with Crippen LogP contribution in [0.4, 0.5) is 0 Å². The zero-order valence-electron chi connectivity index (χ0n) is 11.8. The molecule has 1 amide bonds. The maximum absolute atomic E-state index is 12.2. The Labute approximate surface area is 123 Å². The highest BCUT2D eigenvalue weighted by Crippen LogP contribution is 2.30. The van der Waals surface area contributed by atoms with Crippen molar-refractivity contribution in [2.24, 2.45) is 0 Å². The first-order valence-corrected chi connectivity index (χ1v) is 6.94. The first-order chi connectivity index (χ1) is 10.2. The number of ether oxygens (including phenoxy) is 2. The molecule has 108 valence electrons. The van der Waals surface area contributed by atoms with E-state index in [1.54, 1.807) is 6.07 Å². The van der Waals surface area contributed by atoms with Crippen molar-refractivity contribution in [3.8, 4) is 11.5 Å². The largest absolute Gasteiger partial charge is 0.485 e. The zero-order valence-corrected chi connectivity index (χ0v) is 11.8. The van der Waals surface area contributed by atoms with Gasteiger partial charge in [-0.15, -0.1) is 0 Å². The molecule has 2 aromatic rings. The zero-order chi connectivity index (χ0) is 14.7. The Bertz CT molecular complexity index is 654. The third-order valence-corrected chi connectivity index (χ3v) is 3.35. The lowest BCUT2D eigenvalue weighted by Crippen LogP contribution is -2.43. The maximum atomic E-state index is 12.2. The Kier molecular flexibility index (Phi) is 3.77. The van der Waals surface area contributed by atoms with E-state index in [-0.39, 0.29) is 12.5 Å². The van der Waals surface area contributed by atoms with Gasteiger partial charge in [-0.25, -0.2) is 0 Å². The molecule has 0 radical (unpaired) electrons. The third kappa shape index (κ3) is 3.16. The van der Waals surface area contributed by atoms with E-state index >= 15 is 0 Å². The summed E-state index contributed by atoms with van der Waals surface area (Å²) in [5.74, 6) is 1.13. The summed E-state index contributed by atoms with van der Waals surface area (Å²) in [6.45, 7) is 2.75. The number of benzene rings is 2. The molecule has 0 saturated heterocycles. The average molecular weight is 283 g/mol. The predicted octanol–water partition coefficient (Wildman–Crippen LogP) is 2.45. The van der Waals surface area contributed by atoms with Crippen molar-refractivity contribution in [1.29, 1.82) is 0 Å². The molecule has 1 atom stereocenters. The van der Waals surface area contributed by atoms with Crippen LogP contribution in [0.5, 0.6) is 11.5 Å². The lowest BCUT2D eigenvalue weighted by atomic mass is 10.1. The molecule has 4 nitrogen and oxygen atoms in total. The summed E-state index contributed by atoms with van der Waals surface area (Å²) < 4.78 is 11.2. The van der Waals surface area contributed by atoms with Crippen molar-refractivity contribution < 1.29 is 14.3 Å². The molecular formula is C17H17NO3. The van der Waals surface area contributed by atoms with E-state index in [4.69, 9.17) is 9.47 Å². The normalized spacial score (nSPS) is 16.3. The Morgan fingerprint density at radius 3 is 2.81 bits per heavy atom. The molecule has 0 aliphatic carbocycles. The number of para-hydroxylation sites is 2. The van der Waals surface area contributed by atoms with Crippen LogP contribution in [0.3, 0.4) is 0 Å². The fourth-order valence-corrected chi connectivity index (χ4v) is 2.27. The fourth-order valence-electron chi connectivity index (χ4n) is 2.27. The summed E-state index contributed by atoms with van der Waals surface area (Å²) in [7, 11) is 0. The van der Waals surface area contributed by atoms with Gasteiger partial charge in [0.1, 0.15) is 6.61 Å². The quantitative estimate of drug-likeness (QED) is 0.941. The molecule has 0 fully saturated rings. The average Bonchev–Trinajstić information content (AvgIpc) is 2.52. The van der Waals surface area contributed by atoms with E-state index in [2.05, 4.69) is 5.32 Å². The second kappa shape index (κ2) is 5.87. The number of hydrogen-bond acceptors (Lipinski definition) is 3. The van der Waals surface area contributed by atoms with Gasteiger partial charge in [0.2, 0.25) is 6.10 Å². The van der Waals surface area contributed by atoms with E-state index in [9.17, 15) is 4.79 Å². The number of rotatable bonds is 3. The van der Waals surface area contributed by atoms with Crippen molar-refractivity contribution in [1.82, 2.24) is 5.32 Å². The fraction of sp³-hybridized carbons (Fsp3) is 0.235. The minimum Gasteiger partial charge on any atom is -0.485 e. The molecule has 0 bridgehead atoms. The number of amides is 1. The van der Waals surface area contributed by atoms with Crippen LogP contribution < -0.4 is 14.8 Å². The molecule has 1 unspecified atom stereocenters. The number of carbonyl (C=O) groups is 1. The SMILES string of the molecule is Cc1cccc(CNC(=O)C2COc3ccccc3O2)c1. The molecule has 1 aliphatic rings. The summed E-state index contributed by atoms with van der Waals surface area (Å²) in [4.78, 5) is 12.2. The third-order valence-electron chi connectivity index (χ3n) is 3.35. The van der Waals surface area contributed by atoms with Crippen LogP contribution in [0.25, 0.3) is 0 Å². The standard InChI is InChI=1S/C17H17NO3/c1-12-5-4-6-13(9-12)10-18-17(19)16-11-20-14-7-2-3-8-15(14)21-16/h2-9,16H,10-11H2,1H3,(H,18,19). The van der Waals surface area contributed by atoms with Crippen molar-refractivity contribution >= 4 is 5.91 Å². The highest BCUT2D eigenvalue weighted by molar-refractivity contribution is 5.81. The van der Waals surface area contributed by atoms with Gasteiger partial charge in [0.05, 0.1) is 0 Å². The monoisotopic (exact) mass is 283 g/mol. The van der Waals surface area contributed by atoms with E-state index in [0.717, 1.165) is 5.56 Å². The summed E-state index contributed by atoms with van der Waals surface area (Å²) >= 11 is 0.